The number of hydrogen-bond acceptors (Lipinski definition) is 2. The van der Waals surface area contributed by atoms with Crippen LogP contribution in [0.5, 0.6) is 0 Å². The summed E-state index contributed by atoms with van der Waals surface area (Å²) in [5.41, 5.74) is 1.91. The van der Waals surface area contributed by atoms with E-state index in [-0.39, 0.29) is 11.4 Å². The standard InChI is InChI=1S/C15H16ClNO2S/c1-12-7-9-14(10-8-12)20(18,19)17-11-15(16)13-5-3-2-4-6-13/h2-10,15,17H,11H2,1H3/t15-/m0/s1. The van der Waals surface area contributed by atoms with E-state index in [2.05, 4.69) is 4.72 Å². The molecule has 0 aromatic heterocycles. The van der Waals surface area contributed by atoms with Gasteiger partial charge in [0.05, 0.1) is 10.3 Å². The molecule has 0 fully saturated rings. The fourth-order valence-electron chi connectivity index (χ4n) is 1.76. The predicted octanol–water partition coefficient (Wildman–Crippen LogP) is 3.25. The second kappa shape index (κ2) is 6.39. The molecule has 0 amide bonds. The van der Waals surface area contributed by atoms with E-state index in [9.17, 15) is 8.42 Å². The summed E-state index contributed by atoms with van der Waals surface area (Å²) >= 11 is 6.20. The van der Waals surface area contributed by atoms with Crippen LogP contribution < -0.4 is 4.72 Å². The van der Waals surface area contributed by atoms with Gasteiger partial charge >= 0.3 is 0 Å². The molecule has 0 bridgehead atoms. The molecular weight excluding hydrogens is 294 g/mol. The number of benzene rings is 2. The third-order valence-corrected chi connectivity index (χ3v) is 4.79. The van der Waals surface area contributed by atoms with E-state index in [0.717, 1.165) is 11.1 Å². The molecule has 0 saturated carbocycles. The Morgan fingerprint density at radius 2 is 1.65 bits per heavy atom. The van der Waals surface area contributed by atoms with Crippen molar-refractivity contribution in [2.75, 3.05) is 6.54 Å². The monoisotopic (exact) mass is 309 g/mol. The molecule has 0 aliphatic carbocycles. The summed E-state index contributed by atoms with van der Waals surface area (Å²) in [6.07, 6.45) is 0. The lowest BCUT2D eigenvalue weighted by atomic mass is 10.1. The van der Waals surface area contributed by atoms with Gasteiger partial charge in [-0.2, -0.15) is 0 Å². The van der Waals surface area contributed by atoms with Gasteiger partial charge in [-0.15, -0.1) is 11.6 Å². The Balaban J connectivity index is 2.04. The first-order valence-corrected chi connectivity index (χ1v) is 8.16. The maximum Gasteiger partial charge on any atom is 0.240 e. The topological polar surface area (TPSA) is 46.2 Å². The molecular formula is C15H16ClNO2S. The van der Waals surface area contributed by atoms with Crippen molar-refractivity contribution < 1.29 is 8.42 Å². The van der Waals surface area contributed by atoms with Crippen LogP contribution in [0.2, 0.25) is 0 Å². The molecule has 5 heteroatoms. The quantitative estimate of drug-likeness (QED) is 0.862. The lowest BCUT2D eigenvalue weighted by Gasteiger charge is -2.12. The minimum Gasteiger partial charge on any atom is -0.209 e. The lowest BCUT2D eigenvalue weighted by Crippen LogP contribution is -2.27. The van der Waals surface area contributed by atoms with E-state index < -0.39 is 15.4 Å². The van der Waals surface area contributed by atoms with Crippen molar-refractivity contribution >= 4 is 21.6 Å². The molecule has 20 heavy (non-hydrogen) atoms. The van der Waals surface area contributed by atoms with Gasteiger partial charge in [0, 0.05) is 6.54 Å². The van der Waals surface area contributed by atoms with Gasteiger partial charge in [0.25, 0.3) is 0 Å². The third kappa shape index (κ3) is 3.82. The van der Waals surface area contributed by atoms with Crippen LogP contribution in [0.1, 0.15) is 16.5 Å². The molecule has 106 valence electrons. The van der Waals surface area contributed by atoms with Crippen molar-refractivity contribution in [1.29, 1.82) is 0 Å². The van der Waals surface area contributed by atoms with Gasteiger partial charge < -0.3 is 0 Å². The summed E-state index contributed by atoms with van der Waals surface area (Å²) in [6, 6.07) is 16.1. The van der Waals surface area contributed by atoms with Crippen LogP contribution in [0.15, 0.2) is 59.5 Å². The van der Waals surface area contributed by atoms with E-state index in [1.54, 1.807) is 24.3 Å². The Bertz CT molecular complexity index is 654. The average molecular weight is 310 g/mol. The van der Waals surface area contributed by atoms with Gasteiger partial charge in [0.15, 0.2) is 0 Å². The summed E-state index contributed by atoms with van der Waals surface area (Å²) in [6.45, 7) is 2.07. The van der Waals surface area contributed by atoms with E-state index in [1.165, 1.54) is 0 Å². The van der Waals surface area contributed by atoms with Gasteiger partial charge in [-0.3, -0.25) is 0 Å². The highest BCUT2D eigenvalue weighted by Gasteiger charge is 2.16. The summed E-state index contributed by atoms with van der Waals surface area (Å²) in [5, 5.41) is -0.392. The number of alkyl halides is 1. The summed E-state index contributed by atoms with van der Waals surface area (Å²) in [5.74, 6) is 0. The average Bonchev–Trinajstić information content (AvgIpc) is 2.46. The van der Waals surface area contributed by atoms with Gasteiger partial charge in [0.1, 0.15) is 0 Å². The Kier molecular flexibility index (Phi) is 4.81. The molecule has 2 aromatic carbocycles. The maximum atomic E-state index is 12.1. The Hall–Kier alpha value is -1.36. The van der Waals surface area contributed by atoms with Crippen molar-refractivity contribution in [2.45, 2.75) is 17.2 Å². The zero-order valence-electron chi connectivity index (χ0n) is 11.1. The molecule has 0 unspecified atom stereocenters. The van der Waals surface area contributed by atoms with Crippen molar-refractivity contribution in [3.05, 3.63) is 65.7 Å². The SMILES string of the molecule is Cc1ccc(S(=O)(=O)NC[C@H](Cl)c2ccccc2)cc1. The number of nitrogens with one attached hydrogen (secondary N) is 1. The first-order valence-electron chi connectivity index (χ1n) is 6.24. The van der Waals surface area contributed by atoms with Gasteiger partial charge in [-0.25, -0.2) is 13.1 Å². The number of hydrogen-bond donors (Lipinski definition) is 1. The highest BCUT2D eigenvalue weighted by molar-refractivity contribution is 7.89. The summed E-state index contributed by atoms with van der Waals surface area (Å²) in [4.78, 5) is 0.250. The van der Waals surface area contributed by atoms with Gasteiger partial charge in [0.2, 0.25) is 10.0 Å². The van der Waals surface area contributed by atoms with Crippen molar-refractivity contribution in [3.63, 3.8) is 0 Å². The smallest absolute Gasteiger partial charge is 0.209 e. The second-order valence-electron chi connectivity index (χ2n) is 4.54. The predicted molar refractivity (Wildman–Crippen MR) is 81.4 cm³/mol. The fourth-order valence-corrected chi connectivity index (χ4v) is 3.12. The Morgan fingerprint density at radius 1 is 1.05 bits per heavy atom. The highest BCUT2D eigenvalue weighted by Crippen LogP contribution is 2.19. The molecule has 3 nitrogen and oxygen atoms in total. The maximum absolute atomic E-state index is 12.1. The van der Waals surface area contributed by atoms with Gasteiger partial charge in [-0.1, -0.05) is 48.0 Å². The molecule has 2 aromatic rings. The first-order chi connectivity index (χ1) is 9.49. The summed E-state index contributed by atoms with van der Waals surface area (Å²) in [7, 11) is -3.51. The van der Waals surface area contributed by atoms with Crippen LogP contribution in [0.4, 0.5) is 0 Å². The van der Waals surface area contributed by atoms with E-state index in [1.807, 2.05) is 37.3 Å². The van der Waals surface area contributed by atoms with Gasteiger partial charge in [-0.05, 0) is 24.6 Å². The van der Waals surface area contributed by atoms with E-state index in [4.69, 9.17) is 11.6 Å². The zero-order valence-corrected chi connectivity index (χ0v) is 12.7. The largest absolute Gasteiger partial charge is 0.240 e. The minimum atomic E-state index is -3.51. The third-order valence-electron chi connectivity index (χ3n) is 2.95. The molecule has 0 aliphatic heterocycles. The molecule has 0 aliphatic rings. The normalized spacial score (nSPS) is 13.1. The van der Waals surface area contributed by atoms with Crippen molar-refractivity contribution in [2.24, 2.45) is 0 Å². The molecule has 2 rings (SSSR count). The van der Waals surface area contributed by atoms with Crippen LogP contribution in [0.25, 0.3) is 0 Å². The number of halogens is 1. The molecule has 0 saturated heterocycles. The number of sulfonamides is 1. The minimum absolute atomic E-state index is 0.155. The number of aryl methyl sites for hydroxylation is 1. The highest BCUT2D eigenvalue weighted by atomic mass is 35.5. The Labute approximate surface area is 124 Å². The zero-order chi connectivity index (χ0) is 14.6. The fraction of sp³-hybridized carbons (Fsp3) is 0.200. The van der Waals surface area contributed by atoms with Crippen LogP contribution in [-0.4, -0.2) is 15.0 Å². The van der Waals surface area contributed by atoms with Crippen LogP contribution >= 0.6 is 11.6 Å². The molecule has 0 spiro atoms. The van der Waals surface area contributed by atoms with E-state index in [0.29, 0.717) is 0 Å². The summed E-state index contributed by atoms with van der Waals surface area (Å²) < 4.78 is 26.8. The Morgan fingerprint density at radius 3 is 2.25 bits per heavy atom. The molecule has 0 radical (unpaired) electrons. The van der Waals surface area contributed by atoms with Crippen LogP contribution in [0.3, 0.4) is 0 Å². The molecule has 0 heterocycles. The number of rotatable bonds is 5. The lowest BCUT2D eigenvalue weighted by molar-refractivity contribution is 0.581. The van der Waals surface area contributed by atoms with Crippen LogP contribution in [-0.2, 0) is 10.0 Å². The van der Waals surface area contributed by atoms with E-state index >= 15 is 0 Å². The van der Waals surface area contributed by atoms with Crippen molar-refractivity contribution in [3.8, 4) is 0 Å². The molecule has 1 atom stereocenters. The molecule has 1 N–H and O–H groups in total. The second-order valence-corrected chi connectivity index (χ2v) is 6.84. The first kappa shape index (κ1) is 15.0. The van der Waals surface area contributed by atoms with Crippen LogP contribution in [0, 0.1) is 6.92 Å². The van der Waals surface area contributed by atoms with Crippen molar-refractivity contribution in [1.82, 2.24) is 4.72 Å².